The van der Waals surface area contributed by atoms with Crippen LogP contribution in [-0.4, -0.2) is 22.2 Å². The standard InChI is InChI=1S/C8H6O4.4C6H14/c9-7(10)5-2-1-3-6(4-5)8(11)12;4*1-3-5-6-4-2/h1-4H,(H,9,10)(H,11,12);4*3-6H2,1-2H3. The van der Waals surface area contributed by atoms with E-state index in [2.05, 4.69) is 55.4 Å². The highest BCUT2D eigenvalue weighted by atomic mass is 16.4. The minimum absolute atomic E-state index is 0.0186. The van der Waals surface area contributed by atoms with E-state index in [1.807, 2.05) is 0 Å². The molecule has 1 aromatic carbocycles. The zero-order valence-corrected chi connectivity index (χ0v) is 25.3. The van der Waals surface area contributed by atoms with E-state index in [0.717, 1.165) is 6.07 Å². The van der Waals surface area contributed by atoms with E-state index in [1.165, 1.54) is 121 Å². The van der Waals surface area contributed by atoms with Gasteiger partial charge in [0.25, 0.3) is 0 Å². The Morgan fingerprint density at radius 1 is 0.472 bits per heavy atom. The summed E-state index contributed by atoms with van der Waals surface area (Å²) in [6.07, 6.45) is 22.1. The first-order valence-electron chi connectivity index (χ1n) is 14.8. The van der Waals surface area contributed by atoms with Crippen molar-refractivity contribution in [1.82, 2.24) is 0 Å². The van der Waals surface area contributed by atoms with Crippen LogP contribution in [-0.2, 0) is 0 Å². The number of aromatic carboxylic acids is 2. The normalized spacial score (nSPS) is 9.11. The summed E-state index contributed by atoms with van der Waals surface area (Å²) in [6, 6.07) is 5.20. The van der Waals surface area contributed by atoms with Crippen LogP contribution in [0.5, 0.6) is 0 Å². The predicted molar refractivity (Wildman–Crippen MR) is 160 cm³/mol. The Morgan fingerprint density at radius 3 is 0.806 bits per heavy atom. The lowest BCUT2D eigenvalue weighted by molar-refractivity contribution is 0.0696. The molecule has 0 radical (unpaired) electrons. The summed E-state index contributed by atoms with van der Waals surface area (Å²) in [5.41, 5.74) is -0.0372. The maximum atomic E-state index is 10.4. The first-order valence-corrected chi connectivity index (χ1v) is 14.8. The third-order valence-electron chi connectivity index (χ3n) is 5.18. The molecule has 4 nitrogen and oxygen atoms in total. The molecular weight excluding hydrogens is 448 g/mol. The van der Waals surface area contributed by atoms with Crippen molar-refractivity contribution < 1.29 is 19.8 Å². The van der Waals surface area contributed by atoms with Gasteiger partial charge in [0.1, 0.15) is 0 Å². The molecule has 0 amide bonds. The molecule has 4 heteroatoms. The van der Waals surface area contributed by atoms with Gasteiger partial charge in [-0.25, -0.2) is 9.59 Å². The van der Waals surface area contributed by atoms with Crippen molar-refractivity contribution in [2.24, 2.45) is 0 Å². The molecule has 0 aliphatic rings. The van der Waals surface area contributed by atoms with E-state index < -0.39 is 11.9 Å². The van der Waals surface area contributed by atoms with E-state index in [0.29, 0.717) is 0 Å². The molecule has 36 heavy (non-hydrogen) atoms. The summed E-state index contributed by atoms with van der Waals surface area (Å²) in [5.74, 6) is -2.25. The molecule has 0 aromatic heterocycles. The minimum Gasteiger partial charge on any atom is -0.478 e. The maximum Gasteiger partial charge on any atom is 0.335 e. The molecule has 0 aliphatic carbocycles. The Kier molecular flexibility index (Phi) is 43.2. The summed E-state index contributed by atoms with van der Waals surface area (Å²) in [5, 5.41) is 17.0. The van der Waals surface area contributed by atoms with Gasteiger partial charge in [-0.2, -0.15) is 0 Å². The van der Waals surface area contributed by atoms with Crippen LogP contribution in [0.4, 0.5) is 0 Å². The van der Waals surface area contributed by atoms with Crippen molar-refractivity contribution in [2.45, 2.75) is 158 Å². The second kappa shape index (κ2) is 37.7. The van der Waals surface area contributed by atoms with Gasteiger partial charge in [-0.15, -0.1) is 0 Å². The van der Waals surface area contributed by atoms with Gasteiger partial charge in [-0.1, -0.05) is 164 Å². The van der Waals surface area contributed by atoms with Crippen molar-refractivity contribution in [1.29, 1.82) is 0 Å². The lowest BCUT2D eigenvalue weighted by Gasteiger charge is -1.95. The molecule has 0 unspecified atom stereocenters. The van der Waals surface area contributed by atoms with Gasteiger partial charge in [0.15, 0.2) is 0 Å². The Hall–Kier alpha value is -1.84. The number of carboxylic acids is 2. The summed E-state index contributed by atoms with van der Waals surface area (Å²) in [4.78, 5) is 20.8. The van der Waals surface area contributed by atoms with Crippen LogP contribution in [0.25, 0.3) is 0 Å². The number of benzene rings is 1. The fourth-order valence-electron chi connectivity index (χ4n) is 2.79. The van der Waals surface area contributed by atoms with Crippen LogP contribution in [0.3, 0.4) is 0 Å². The van der Waals surface area contributed by atoms with Gasteiger partial charge < -0.3 is 10.2 Å². The van der Waals surface area contributed by atoms with Gasteiger partial charge in [0.05, 0.1) is 11.1 Å². The van der Waals surface area contributed by atoms with Crippen LogP contribution >= 0.6 is 0 Å². The molecule has 2 N–H and O–H groups in total. The SMILES string of the molecule is CCCCCC.CCCCCC.CCCCCC.CCCCCC.O=C(O)c1cccc(C(=O)O)c1. The fourth-order valence-corrected chi connectivity index (χ4v) is 2.79. The average Bonchev–Trinajstić information content (AvgIpc) is 2.89. The number of carboxylic acid groups (broad SMARTS) is 2. The Balaban J connectivity index is -0.000000187. The highest BCUT2D eigenvalue weighted by Gasteiger charge is 2.06. The first-order chi connectivity index (χ1) is 17.3. The lowest BCUT2D eigenvalue weighted by atomic mass is 10.1. The molecule has 0 atom stereocenters. The molecule has 0 saturated heterocycles. The second-order valence-electron chi connectivity index (χ2n) is 9.02. The number of hydrogen-bond donors (Lipinski definition) is 2. The lowest BCUT2D eigenvalue weighted by Crippen LogP contribution is -2.01. The van der Waals surface area contributed by atoms with E-state index in [1.54, 1.807) is 0 Å². The zero-order chi connectivity index (χ0) is 28.5. The van der Waals surface area contributed by atoms with Crippen molar-refractivity contribution in [2.75, 3.05) is 0 Å². The summed E-state index contributed by atoms with van der Waals surface area (Å²) < 4.78 is 0. The highest BCUT2D eigenvalue weighted by Crippen LogP contribution is 2.04. The summed E-state index contributed by atoms with van der Waals surface area (Å²) >= 11 is 0. The van der Waals surface area contributed by atoms with Gasteiger partial charge in [0.2, 0.25) is 0 Å². The topological polar surface area (TPSA) is 74.6 Å². The van der Waals surface area contributed by atoms with Gasteiger partial charge in [-0.3, -0.25) is 0 Å². The van der Waals surface area contributed by atoms with Crippen LogP contribution in [0.1, 0.15) is 179 Å². The van der Waals surface area contributed by atoms with E-state index >= 15 is 0 Å². The Morgan fingerprint density at radius 2 is 0.667 bits per heavy atom. The van der Waals surface area contributed by atoms with Gasteiger partial charge >= 0.3 is 11.9 Å². The molecule has 0 saturated carbocycles. The van der Waals surface area contributed by atoms with Crippen molar-refractivity contribution in [3.63, 3.8) is 0 Å². The van der Waals surface area contributed by atoms with Crippen molar-refractivity contribution >= 4 is 11.9 Å². The quantitative estimate of drug-likeness (QED) is 0.244. The first kappa shape index (κ1) is 41.3. The van der Waals surface area contributed by atoms with Crippen molar-refractivity contribution in [3.8, 4) is 0 Å². The molecule has 1 rings (SSSR count). The van der Waals surface area contributed by atoms with Gasteiger partial charge in [-0.05, 0) is 18.2 Å². The second-order valence-corrected chi connectivity index (χ2v) is 9.02. The minimum atomic E-state index is -1.13. The van der Waals surface area contributed by atoms with Gasteiger partial charge in [0, 0.05) is 0 Å². The summed E-state index contributed by atoms with van der Waals surface area (Å²) in [7, 11) is 0. The Bertz CT molecular complexity index is 478. The molecule has 0 fully saturated rings. The number of unbranched alkanes of at least 4 members (excludes halogenated alkanes) is 12. The molecule has 0 heterocycles. The predicted octanol–water partition coefficient (Wildman–Crippen LogP) is 11.4. The molecule has 0 bridgehead atoms. The third-order valence-corrected chi connectivity index (χ3v) is 5.18. The van der Waals surface area contributed by atoms with E-state index in [4.69, 9.17) is 10.2 Å². The molecule has 0 aliphatic heterocycles. The molecule has 214 valence electrons. The number of hydrogen-bond acceptors (Lipinski definition) is 2. The number of carbonyl (C=O) groups is 2. The van der Waals surface area contributed by atoms with Crippen LogP contribution in [0.15, 0.2) is 24.3 Å². The zero-order valence-electron chi connectivity index (χ0n) is 25.3. The van der Waals surface area contributed by atoms with Crippen LogP contribution in [0.2, 0.25) is 0 Å². The largest absolute Gasteiger partial charge is 0.478 e. The van der Waals surface area contributed by atoms with Crippen LogP contribution in [0, 0.1) is 0 Å². The van der Waals surface area contributed by atoms with Crippen LogP contribution < -0.4 is 0 Å². The highest BCUT2D eigenvalue weighted by molar-refractivity contribution is 5.93. The van der Waals surface area contributed by atoms with E-state index in [9.17, 15) is 9.59 Å². The molecular formula is C32H62O4. The van der Waals surface area contributed by atoms with Crippen molar-refractivity contribution in [3.05, 3.63) is 35.4 Å². The third kappa shape index (κ3) is 39.4. The smallest absolute Gasteiger partial charge is 0.335 e. The Labute approximate surface area is 225 Å². The fraction of sp³-hybridized carbons (Fsp3) is 0.750. The summed E-state index contributed by atoms with van der Waals surface area (Å²) in [6.45, 7) is 17.9. The average molecular weight is 511 g/mol. The van der Waals surface area contributed by atoms with E-state index in [-0.39, 0.29) is 11.1 Å². The molecule has 1 aromatic rings. The monoisotopic (exact) mass is 510 g/mol. The molecule has 0 spiro atoms. The maximum absolute atomic E-state index is 10.4. The number of rotatable bonds is 14.